The van der Waals surface area contributed by atoms with E-state index in [2.05, 4.69) is 10.6 Å². The van der Waals surface area contributed by atoms with Crippen molar-refractivity contribution in [1.82, 2.24) is 10.6 Å². The summed E-state index contributed by atoms with van der Waals surface area (Å²) in [6, 6.07) is 13.4. The zero-order chi connectivity index (χ0) is 17.5. The molecule has 0 aromatic heterocycles. The Balaban J connectivity index is 1.83. The van der Waals surface area contributed by atoms with E-state index in [0.29, 0.717) is 6.54 Å². The van der Waals surface area contributed by atoms with Crippen LogP contribution in [0.4, 0.5) is 4.39 Å². The first-order valence-corrected chi connectivity index (χ1v) is 7.91. The summed E-state index contributed by atoms with van der Waals surface area (Å²) >= 11 is 0. The normalized spacial score (nSPS) is 13.2. The molecule has 0 heterocycles. The summed E-state index contributed by atoms with van der Waals surface area (Å²) in [6.07, 6.45) is 0. The van der Waals surface area contributed by atoms with Gasteiger partial charge in [0.1, 0.15) is 11.6 Å². The Morgan fingerprint density at radius 2 is 1.71 bits per heavy atom. The third kappa shape index (κ3) is 5.06. The summed E-state index contributed by atoms with van der Waals surface area (Å²) in [7, 11) is 1.62. The highest BCUT2D eigenvalue weighted by molar-refractivity contribution is 5.81. The Morgan fingerprint density at radius 1 is 1.08 bits per heavy atom. The van der Waals surface area contributed by atoms with Crippen molar-refractivity contribution in [1.29, 1.82) is 0 Å². The minimum atomic E-state index is -0.358. The van der Waals surface area contributed by atoms with Crippen LogP contribution in [0.1, 0.15) is 31.0 Å². The predicted octanol–water partition coefficient (Wildman–Crippen LogP) is 3.19. The van der Waals surface area contributed by atoms with Gasteiger partial charge < -0.3 is 10.1 Å². The fourth-order valence-electron chi connectivity index (χ4n) is 2.38. The van der Waals surface area contributed by atoms with Gasteiger partial charge in [-0.3, -0.25) is 10.1 Å². The first-order valence-electron chi connectivity index (χ1n) is 7.91. The maximum absolute atomic E-state index is 13.0. The van der Waals surface area contributed by atoms with Gasteiger partial charge in [0.2, 0.25) is 5.91 Å². The first kappa shape index (κ1) is 17.9. The second kappa shape index (κ2) is 8.45. The molecule has 2 aromatic carbocycles. The Labute approximate surface area is 142 Å². The van der Waals surface area contributed by atoms with Crippen molar-refractivity contribution in [2.24, 2.45) is 0 Å². The van der Waals surface area contributed by atoms with Crippen LogP contribution in [0.3, 0.4) is 0 Å². The van der Waals surface area contributed by atoms with E-state index < -0.39 is 0 Å². The van der Waals surface area contributed by atoms with Crippen LogP contribution in [-0.4, -0.2) is 19.1 Å². The van der Waals surface area contributed by atoms with Crippen molar-refractivity contribution in [3.63, 3.8) is 0 Å². The van der Waals surface area contributed by atoms with E-state index in [0.717, 1.165) is 16.9 Å². The number of amides is 1. The molecule has 2 N–H and O–H groups in total. The molecule has 0 aliphatic rings. The van der Waals surface area contributed by atoms with E-state index in [4.69, 9.17) is 4.74 Å². The molecular formula is C19H23FN2O2. The fourth-order valence-corrected chi connectivity index (χ4v) is 2.38. The highest BCUT2D eigenvalue weighted by atomic mass is 19.1. The van der Waals surface area contributed by atoms with E-state index in [-0.39, 0.29) is 23.8 Å². The zero-order valence-electron chi connectivity index (χ0n) is 14.2. The Morgan fingerprint density at radius 3 is 2.29 bits per heavy atom. The molecule has 0 bridgehead atoms. The van der Waals surface area contributed by atoms with E-state index in [1.807, 2.05) is 38.1 Å². The van der Waals surface area contributed by atoms with Gasteiger partial charge in [0.15, 0.2) is 0 Å². The van der Waals surface area contributed by atoms with Gasteiger partial charge in [-0.1, -0.05) is 24.3 Å². The van der Waals surface area contributed by atoms with Gasteiger partial charge in [0, 0.05) is 12.6 Å². The van der Waals surface area contributed by atoms with Crippen LogP contribution < -0.4 is 15.4 Å². The van der Waals surface area contributed by atoms with Crippen molar-refractivity contribution in [3.05, 3.63) is 65.5 Å². The molecule has 0 unspecified atom stereocenters. The van der Waals surface area contributed by atoms with Crippen LogP contribution in [-0.2, 0) is 11.3 Å². The summed E-state index contributed by atoms with van der Waals surface area (Å²) in [5, 5.41) is 6.12. The molecule has 0 aliphatic heterocycles. The fraction of sp³-hybridized carbons (Fsp3) is 0.316. The molecule has 2 aromatic rings. The molecule has 0 saturated carbocycles. The molecule has 1 amide bonds. The van der Waals surface area contributed by atoms with Crippen molar-refractivity contribution in [3.8, 4) is 5.75 Å². The Kier molecular flexibility index (Phi) is 6.32. The number of hydrogen-bond acceptors (Lipinski definition) is 3. The molecule has 0 radical (unpaired) electrons. The van der Waals surface area contributed by atoms with E-state index in [9.17, 15) is 9.18 Å². The lowest BCUT2D eigenvalue weighted by Crippen LogP contribution is -2.42. The lowest BCUT2D eigenvalue weighted by molar-refractivity contribution is -0.123. The maximum atomic E-state index is 13.0. The van der Waals surface area contributed by atoms with Crippen LogP contribution >= 0.6 is 0 Å². The van der Waals surface area contributed by atoms with Crippen LogP contribution in [0.25, 0.3) is 0 Å². The van der Waals surface area contributed by atoms with Crippen LogP contribution in [0, 0.1) is 5.82 Å². The average Bonchev–Trinajstić information content (AvgIpc) is 2.60. The van der Waals surface area contributed by atoms with E-state index >= 15 is 0 Å². The average molecular weight is 330 g/mol. The van der Waals surface area contributed by atoms with Crippen molar-refractivity contribution >= 4 is 5.91 Å². The molecule has 0 aliphatic carbocycles. The summed E-state index contributed by atoms with van der Waals surface area (Å²) in [5.74, 6) is 0.434. The van der Waals surface area contributed by atoms with Gasteiger partial charge in [-0.05, 0) is 49.2 Å². The van der Waals surface area contributed by atoms with Gasteiger partial charge in [-0.2, -0.15) is 0 Å². The SMILES string of the molecule is COc1ccc(CNC(=O)[C@H](C)N[C@H](C)c2ccc(F)cc2)cc1. The van der Waals surface area contributed by atoms with E-state index in [1.165, 1.54) is 12.1 Å². The number of halogens is 1. The molecule has 0 spiro atoms. The second-order valence-electron chi connectivity index (χ2n) is 5.73. The molecule has 2 rings (SSSR count). The summed E-state index contributed by atoms with van der Waals surface area (Å²) in [4.78, 5) is 12.2. The quantitative estimate of drug-likeness (QED) is 0.820. The minimum absolute atomic E-state index is 0.0488. The highest BCUT2D eigenvalue weighted by Gasteiger charge is 2.16. The number of nitrogens with one attached hydrogen (secondary N) is 2. The third-order valence-electron chi connectivity index (χ3n) is 3.89. The number of hydrogen-bond donors (Lipinski definition) is 2. The molecule has 4 nitrogen and oxygen atoms in total. The molecule has 5 heteroatoms. The van der Waals surface area contributed by atoms with Gasteiger partial charge >= 0.3 is 0 Å². The number of methoxy groups -OCH3 is 1. The largest absolute Gasteiger partial charge is 0.497 e. The lowest BCUT2D eigenvalue weighted by Gasteiger charge is -2.20. The zero-order valence-corrected chi connectivity index (χ0v) is 14.2. The van der Waals surface area contributed by atoms with Crippen LogP contribution in [0.2, 0.25) is 0 Å². The van der Waals surface area contributed by atoms with Crippen LogP contribution in [0.5, 0.6) is 5.75 Å². The van der Waals surface area contributed by atoms with Crippen LogP contribution in [0.15, 0.2) is 48.5 Å². The third-order valence-corrected chi connectivity index (χ3v) is 3.89. The van der Waals surface area contributed by atoms with Gasteiger partial charge in [-0.25, -0.2) is 4.39 Å². The molecule has 0 fully saturated rings. The number of benzene rings is 2. The van der Waals surface area contributed by atoms with E-state index in [1.54, 1.807) is 19.2 Å². The maximum Gasteiger partial charge on any atom is 0.237 e. The van der Waals surface area contributed by atoms with Gasteiger partial charge in [0.25, 0.3) is 0 Å². The second-order valence-corrected chi connectivity index (χ2v) is 5.73. The molecule has 128 valence electrons. The van der Waals surface area contributed by atoms with Crippen molar-refractivity contribution in [2.45, 2.75) is 32.5 Å². The standard InChI is InChI=1S/C19H23FN2O2/c1-13(16-6-8-17(20)9-7-16)22-14(2)19(23)21-12-15-4-10-18(24-3)11-5-15/h4-11,13-14,22H,12H2,1-3H3,(H,21,23)/t13-,14+/m1/s1. The monoisotopic (exact) mass is 330 g/mol. The molecular weight excluding hydrogens is 307 g/mol. The number of carbonyl (C=O) groups is 1. The number of ether oxygens (including phenoxy) is 1. The summed E-state index contributed by atoms with van der Waals surface area (Å²) < 4.78 is 18.1. The number of carbonyl (C=O) groups excluding carboxylic acids is 1. The van der Waals surface area contributed by atoms with Crippen molar-refractivity contribution < 1.29 is 13.9 Å². The Hall–Kier alpha value is -2.40. The summed E-state index contributed by atoms with van der Waals surface area (Å²) in [5.41, 5.74) is 1.94. The highest BCUT2D eigenvalue weighted by Crippen LogP contribution is 2.14. The van der Waals surface area contributed by atoms with Crippen molar-refractivity contribution in [2.75, 3.05) is 7.11 Å². The Bertz CT molecular complexity index is 656. The molecule has 0 saturated heterocycles. The smallest absolute Gasteiger partial charge is 0.237 e. The van der Waals surface area contributed by atoms with Gasteiger partial charge in [0.05, 0.1) is 13.2 Å². The lowest BCUT2D eigenvalue weighted by atomic mass is 10.1. The topological polar surface area (TPSA) is 50.4 Å². The van der Waals surface area contributed by atoms with Gasteiger partial charge in [-0.15, -0.1) is 0 Å². The molecule has 2 atom stereocenters. The predicted molar refractivity (Wildman–Crippen MR) is 92.3 cm³/mol. The number of rotatable bonds is 7. The summed E-state index contributed by atoms with van der Waals surface area (Å²) in [6.45, 7) is 4.21. The molecule has 24 heavy (non-hydrogen) atoms. The minimum Gasteiger partial charge on any atom is -0.497 e. The first-order chi connectivity index (χ1) is 11.5.